The lowest BCUT2D eigenvalue weighted by Gasteiger charge is -2.29. The maximum atomic E-state index is 5.83. The summed E-state index contributed by atoms with van der Waals surface area (Å²) in [5.74, 6) is 0. The summed E-state index contributed by atoms with van der Waals surface area (Å²) in [5, 5.41) is 0. The number of nitrogens with two attached hydrogens (primary N) is 1. The molecule has 0 bridgehead atoms. The summed E-state index contributed by atoms with van der Waals surface area (Å²) in [7, 11) is 0. The molecule has 0 spiro atoms. The van der Waals surface area contributed by atoms with Crippen molar-refractivity contribution in [3.63, 3.8) is 0 Å². The van der Waals surface area contributed by atoms with Crippen LogP contribution < -0.4 is 10.6 Å². The van der Waals surface area contributed by atoms with Gasteiger partial charge in [0.05, 0.1) is 0 Å². The van der Waals surface area contributed by atoms with Crippen molar-refractivity contribution in [2.45, 2.75) is 32.1 Å². The summed E-state index contributed by atoms with van der Waals surface area (Å²) in [6.07, 6.45) is 6.53. The molecule has 1 aromatic rings. The third-order valence-corrected chi connectivity index (χ3v) is 4.14. The van der Waals surface area contributed by atoms with E-state index < -0.39 is 0 Å². The average molecular weight is 327 g/mol. The Morgan fingerprint density at radius 1 is 1.11 bits per heavy atom. The molecule has 1 fully saturated rings. The summed E-state index contributed by atoms with van der Waals surface area (Å²) in [4.78, 5) is 2.91. The van der Waals surface area contributed by atoms with Crippen LogP contribution in [0.5, 0.6) is 0 Å². The Bertz CT molecular complexity index is 426. The van der Waals surface area contributed by atoms with E-state index in [1.54, 1.807) is 0 Å². The molecule has 0 radical (unpaired) electrons. The van der Waals surface area contributed by atoms with Crippen LogP contribution in [0.2, 0.25) is 0 Å². The summed E-state index contributed by atoms with van der Waals surface area (Å²) in [6.45, 7) is 2.21. The zero-order valence-electron chi connectivity index (χ0n) is 10.5. The topological polar surface area (TPSA) is 29.3 Å². The van der Waals surface area contributed by atoms with Gasteiger partial charge in [-0.25, -0.2) is 0 Å². The molecule has 0 unspecified atom stereocenters. The molecule has 0 atom stereocenters. The molecule has 0 aromatic heterocycles. The van der Waals surface area contributed by atoms with Crippen molar-refractivity contribution in [2.75, 3.05) is 18.0 Å². The first-order valence-electron chi connectivity index (χ1n) is 6.53. The van der Waals surface area contributed by atoms with E-state index in [1.165, 1.54) is 37.8 Å². The van der Waals surface area contributed by atoms with Crippen molar-refractivity contribution in [3.05, 3.63) is 28.2 Å². The zero-order valence-corrected chi connectivity index (χ0v) is 12.9. The molecule has 1 aliphatic rings. The second kappa shape index (κ2) is 6.53. The van der Waals surface area contributed by atoms with Crippen LogP contribution in [0.4, 0.5) is 5.69 Å². The number of rotatable bonds is 2. The second-order valence-corrected chi connectivity index (χ2v) is 6.14. The summed E-state index contributed by atoms with van der Waals surface area (Å²) in [6, 6.07) is 6.15. The quantitative estimate of drug-likeness (QED) is 0.837. The van der Waals surface area contributed by atoms with E-state index in [9.17, 15) is 0 Å². The van der Waals surface area contributed by atoms with Crippen molar-refractivity contribution < 1.29 is 0 Å². The highest BCUT2D eigenvalue weighted by Crippen LogP contribution is 2.27. The van der Waals surface area contributed by atoms with Gasteiger partial charge < -0.3 is 10.6 Å². The van der Waals surface area contributed by atoms with Crippen molar-refractivity contribution in [3.8, 4) is 0 Å². The molecule has 0 saturated carbocycles. The number of hydrogen-bond acceptors (Lipinski definition) is 2. The first-order valence-corrected chi connectivity index (χ1v) is 7.73. The molecule has 1 aliphatic heterocycles. The van der Waals surface area contributed by atoms with Crippen LogP contribution in [0.1, 0.15) is 37.7 Å². The highest BCUT2D eigenvalue weighted by Gasteiger charge is 2.14. The fourth-order valence-electron chi connectivity index (χ4n) is 2.46. The normalized spacial score (nSPS) is 17.1. The monoisotopic (exact) mass is 326 g/mol. The van der Waals surface area contributed by atoms with E-state index in [-0.39, 0.29) is 0 Å². The predicted octanol–water partition coefficient (Wildman–Crippen LogP) is 3.85. The molecule has 1 aromatic carbocycles. The minimum absolute atomic E-state index is 0.486. The Labute approximate surface area is 123 Å². The number of halogens is 1. The van der Waals surface area contributed by atoms with E-state index >= 15 is 0 Å². The molecule has 2 rings (SSSR count). The van der Waals surface area contributed by atoms with Gasteiger partial charge in [0.25, 0.3) is 0 Å². The highest BCUT2D eigenvalue weighted by atomic mass is 79.9. The van der Waals surface area contributed by atoms with Gasteiger partial charge in [0.2, 0.25) is 0 Å². The third kappa shape index (κ3) is 3.45. The van der Waals surface area contributed by atoms with Gasteiger partial charge in [-0.3, -0.25) is 0 Å². The lowest BCUT2D eigenvalue weighted by molar-refractivity contribution is 0.556. The fraction of sp³-hybridized carbons (Fsp3) is 0.500. The van der Waals surface area contributed by atoms with Crippen molar-refractivity contribution in [1.29, 1.82) is 0 Å². The molecule has 4 heteroatoms. The largest absolute Gasteiger partial charge is 0.389 e. The van der Waals surface area contributed by atoms with Gasteiger partial charge in [-0.05, 0) is 31.0 Å². The maximum Gasteiger partial charge on any atom is 0.106 e. The van der Waals surface area contributed by atoms with E-state index in [4.69, 9.17) is 18.0 Å². The van der Waals surface area contributed by atoms with Gasteiger partial charge in [0.1, 0.15) is 4.99 Å². The molecular formula is C14H19BrN2S. The number of benzene rings is 1. The molecular weight excluding hydrogens is 308 g/mol. The Kier molecular flexibility index (Phi) is 5.01. The summed E-state index contributed by atoms with van der Waals surface area (Å²) >= 11 is 8.69. The molecule has 0 aliphatic carbocycles. The van der Waals surface area contributed by atoms with Gasteiger partial charge in [-0.1, -0.05) is 47.4 Å². The Balaban J connectivity index is 2.28. The third-order valence-electron chi connectivity index (χ3n) is 3.42. The van der Waals surface area contributed by atoms with Gasteiger partial charge in [0, 0.05) is 28.8 Å². The minimum Gasteiger partial charge on any atom is -0.389 e. The van der Waals surface area contributed by atoms with E-state index in [2.05, 4.69) is 26.9 Å². The molecule has 0 amide bonds. The number of hydrogen-bond donors (Lipinski definition) is 1. The summed E-state index contributed by atoms with van der Waals surface area (Å²) in [5.41, 5.74) is 8.00. The molecule has 1 heterocycles. The molecule has 18 heavy (non-hydrogen) atoms. The number of thiocarbonyl (C=S) groups is 1. The minimum atomic E-state index is 0.486. The van der Waals surface area contributed by atoms with E-state index in [1.807, 2.05) is 12.1 Å². The maximum absolute atomic E-state index is 5.83. The molecule has 1 saturated heterocycles. The van der Waals surface area contributed by atoms with E-state index in [0.717, 1.165) is 23.1 Å². The number of nitrogens with zero attached hydrogens (tertiary/aromatic N) is 1. The van der Waals surface area contributed by atoms with Gasteiger partial charge >= 0.3 is 0 Å². The van der Waals surface area contributed by atoms with Crippen LogP contribution in [0.3, 0.4) is 0 Å². The Morgan fingerprint density at radius 3 is 2.33 bits per heavy atom. The van der Waals surface area contributed by atoms with Crippen LogP contribution in [0.15, 0.2) is 22.7 Å². The lowest BCUT2D eigenvalue weighted by Crippen LogP contribution is -2.29. The van der Waals surface area contributed by atoms with Gasteiger partial charge in [0.15, 0.2) is 0 Å². The highest BCUT2D eigenvalue weighted by molar-refractivity contribution is 9.10. The summed E-state index contributed by atoms with van der Waals surface area (Å²) < 4.78 is 1.08. The zero-order chi connectivity index (χ0) is 13.0. The average Bonchev–Trinajstić information content (AvgIpc) is 2.27. The Morgan fingerprint density at radius 2 is 1.72 bits per heavy atom. The fourth-order valence-corrected chi connectivity index (χ4v) is 2.98. The van der Waals surface area contributed by atoms with Crippen molar-refractivity contribution >= 4 is 38.8 Å². The lowest BCUT2D eigenvalue weighted by atomic mass is 10.1. The first kappa shape index (κ1) is 13.8. The van der Waals surface area contributed by atoms with Crippen molar-refractivity contribution in [1.82, 2.24) is 0 Å². The van der Waals surface area contributed by atoms with Crippen LogP contribution in [0, 0.1) is 0 Å². The van der Waals surface area contributed by atoms with Crippen LogP contribution in [0.25, 0.3) is 0 Å². The smallest absolute Gasteiger partial charge is 0.106 e. The predicted molar refractivity (Wildman–Crippen MR) is 85.3 cm³/mol. The molecule has 98 valence electrons. The number of anilines is 1. The standard InChI is InChI=1S/C14H19BrN2S/c15-11-6-7-12(14(16)18)13(10-11)17-8-4-2-1-3-5-9-17/h6-7,10H,1-5,8-9H2,(H2,16,18). The molecule has 2 nitrogen and oxygen atoms in total. The van der Waals surface area contributed by atoms with Gasteiger partial charge in [-0.2, -0.15) is 0 Å². The van der Waals surface area contributed by atoms with Gasteiger partial charge in [-0.15, -0.1) is 0 Å². The van der Waals surface area contributed by atoms with Crippen LogP contribution in [-0.2, 0) is 0 Å². The first-order chi connectivity index (χ1) is 8.68. The van der Waals surface area contributed by atoms with E-state index in [0.29, 0.717) is 4.99 Å². The Hall–Kier alpha value is -0.610. The van der Waals surface area contributed by atoms with Crippen LogP contribution >= 0.6 is 28.1 Å². The molecule has 2 N–H and O–H groups in total. The van der Waals surface area contributed by atoms with Crippen LogP contribution in [-0.4, -0.2) is 18.1 Å². The second-order valence-electron chi connectivity index (χ2n) is 4.78. The SMILES string of the molecule is NC(=S)c1ccc(Br)cc1N1CCCCCCC1. The van der Waals surface area contributed by atoms with Crippen molar-refractivity contribution in [2.24, 2.45) is 5.73 Å².